The van der Waals surface area contributed by atoms with Crippen LogP contribution in [0.4, 0.5) is 0 Å². The Labute approximate surface area is 174 Å². The molecule has 0 heterocycles. The van der Waals surface area contributed by atoms with Crippen LogP contribution in [0.5, 0.6) is 11.5 Å². The van der Waals surface area contributed by atoms with Crippen molar-refractivity contribution in [3.8, 4) is 11.5 Å². The van der Waals surface area contributed by atoms with Crippen LogP contribution in [0.3, 0.4) is 0 Å². The van der Waals surface area contributed by atoms with Gasteiger partial charge >= 0.3 is 0 Å². The monoisotopic (exact) mass is 433 g/mol. The summed E-state index contributed by atoms with van der Waals surface area (Å²) in [5.74, 6) is 1.09. The van der Waals surface area contributed by atoms with Gasteiger partial charge in [-0.05, 0) is 36.2 Å². The molecule has 3 aromatic carbocycles. The normalized spacial score (nSPS) is 18.6. The molecule has 4 rings (SSSR count). The minimum absolute atomic E-state index is 0.0907. The first-order valence-corrected chi connectivity index (χ1v) is 11.0. The van der Waals surface area contributed by atoms with E-state index in [-0.39, 0.29) is 16.9 Å². The smallest absolute Gasteiger partial charge is 0.240 e. The Bertz CT molecular complexity index is 1100. The van der Waals surface area contributed by atoms with Crippen LogP contribution in [0.25, 0.3) is 0 Å². The highest BCUT2D eigenvalue weighted by atomic mass is 35.5. The van der Waals surface area contributed by atoms with Gasteiger partial charge in [-0.15, -0.1) is 0 Å². The van der Waals surface area contributed by atoms with Crippen LogP contribution in [0, 0.1) is 0 Å². The second kappa shape index (κ2) is 7.76. The Balaban J connectivity index is 1.48. The lowest BCUT2D eigenvalue weighted by atomic mass is 10.1. The lowest BCUT2D eigenvalue weighted by Gasteiger charge is -2.10. The lowest BCUT2D eigenvalue weighted by Crippen LogP contribution is -2.26. The molecule has 0 spiro atoms. The van der Waals surface area contributed by atoms with Gasteiger partial charge in [-0.1, -0.05) is 59.6 Å². The molecule has 1 saturated carbocycles. The van der Waals surface area contributed by atoms with Gasteiger partial charge in [-0.2, -0.15) is 0 Å². The van der Waals surface area contributed by atoms with E-state index in [2.05, 4.69) is 4.72 Å². The van der Waals surface area contributed by atoms with Gasteiger partial charge in [0.1, 0.15) is 11.5 Å². The largest absolute Gasteiger partial charge is 0.457 e. The first-order chi connectivity index (χ1) is 13.4. The van der Waals surface area contributed by atoms with E-state index in [0.717, 1.165) is 12.0 Å². The predicted octanol–water partition coefficient (Wildman–Crippen LogP) is 5.62. The van der Waals surface area contributed by atoms with Gasteiger partial charge in [0.2, 0.25) is 10.0 Å². The summed E-state index contributed by atoms with van der Waals surface area (Å²) in [5, 5.41) is 0.789. The first kappa shape index (κ1) is 19.3. The molecule has 3 aromatic rings. The molecule has 0 aromatic heterocycles. The fraction of sp³-hybridized carbons (Fsp3) is 0.143. The van der Waals surface area contributed by atoms with E-state index in [1.54, 1.807) is 36.4 Å². The summed E-state index contributed by atoms with van der Waals surface area (Å²) in [4.78, 5) is 0.156. The summed E-state index contributed by atoms with van der Waals surface area (Å²) < 4.78 is 34.0. The maximum atomic E-state index is 12.8. The van der Waals surface area contributed by atoms with Crippen molar-refractivity contribution in [2.75, 3.05) is 0 Å². The summed E-state index contributed by atoms with van der Waals surface area (Å²) in [7, 11) is -3.64. The number of benzene rings is 3. The van der Waals surface area contributed by atoms with Crippen molar-refractivity contribution in [1.29, 1.82) is 0 Å². The van der Waals surface area contributed by atoms with Crippen molar-refractivity contribution < 1.29 is 13.2 Å². The first-order valence-electron chi connectivity index (χ1n) is 8.73. The molecule has 0 radical (unpaired) electrons. The molecule has 1 N–H and O–H groups in total. The van der Waals surface area contributed by atoms with Crippen LogP contribution in [-0.2, 0) is 10.0 Å². The number of nitrogens with one attached hydrogen (secondary N) is 1. The highest BCUT2D eigenvalue weighted by Gasteiger charge is 2.41. The molecular formula is C21H17Cl2NO3S. The number of halogens is 2. The highest BCUT2D eigenvalue weighted by Crippen LogP contribution is 2.41. The molecule has 1 fully saturated rings. The Morgan fingerprint density at radius 2 is 1.61 bits per heavy atom. The van der Waals surface area contributed by atoms with Gasteiger partial charge in [-0.3, -0.25) is 0 Å². The fourth-order valence-corrected chi connectivity index (χ4v) is 4.65. The maximum Gasteiger partial charge on any atom is 0.240 e. The van der Waals surface area contributed by atoms with Gasteiger partial charge in [0.15, 0.2) is 0 Å². The third kappa shape index (κ3) is 4.33. The topological polar surface area (TPSA) is 55.4 Å². The number of hydrogen-bond donors (Lipinski definition) is 1. The molecule has 7 heteroatoms. The second-order valence-corrected chi connectivity index (χ2v) is 9.16. The average molecular weight is 434 g/mol. The summed E-state index contributed by atoms with van der Waals surface area (Å²) in [5.41, 5.74) is 1.15. The second-order valence-electron chi connectivity index (χ2n) is 6.63. The molecule has 0 bridgehead atoms. The van der Waals surface area contributed by atoms with Crippen LogP contribution < -0.4 is 9.46 Å². The van der Waals surface area contributed by atoms with Crippen molar-refractivity contribution >= 4 is 33.2 Å². The van der Waals surface area contributed by atoms with Crippen LogP contribution in [0.1, 0.15) is 17.9 Å². The molecule has 4 nitrogen and oxygen atoms in total. The molecular weight excluding hydrogens is 417 g/mol. The number of ether oxygens (including phenoxy) is 1. The van der Waals surface area contributed by atoms with Gasteiger partial charge in [0.05, 0.1) is 14.9 Å². The molecule has 2 atom stereocenters. The van der Waals surface area contributed by atoms with Crippen LogP contribution in [-0.4, -0.2) is 14.5 Å². The zero-order valence-electron chi connectivity index (χ0n) is 14.7. The van der Waals surface area contributed by atoms with E-state index in [1.165, 1.54) is 6.07 Å². The Morgan fingerprint density at radius 1 is 0.857 bits per heavy atom. The molecule has 144 valence electrons. The van der Waals surface area contributed by atoms with Gasteiger partial charge in [0.25, 0.3) is 0 Å². The average Bonchev–Trinajstić information content (AvgIpc) is 3.44. The van der Waals surface area contributed by atoms with Crippen molar-refractivity contribution in [3.05, 3.63) is 88.4 Å². The van der Waals surface area contributed by atoms with E-state index in [1.807, 2.05) is 30.3 Å². The van der Waals surface area contributed by atoms with Gasteiger partial charge in [0, 0.05) is 24.1 Å². The SMILES string of the molecule is O=S(=O)(N[C@@H]1C[C@H]1c1ccccc1)c1cccc(Oc2ccc(Cl)c(Cl)c2)c1. The highest BCUT2D eigenvalue weighted by molar-refractivity contribution is 7.89. The summed E-state index contributed by atoms with van der Waals surface area (Å²) in [6, 6.07) is 21.1. The fourth-order valence-electron chi connectivity index (χ4n) is 3.04. The van der Waals surface area contributed by atoms with E-state index in [0.29, 0.717) is 21.5 Å². The zero-order chi connectivity index (χ0) is 19.7. The molecule has 0 amide bonds. The van der Waals surface area contributed by atoms with Gasteiger partial charge < -0.3 is 4.74 Å². The number of rotatable bonds is 6. The third-order valence-electron chi connectivity index (χ3n) is 4.57. The van der Waals surface area contributed by atoms with E-state index in [4.69, 9.17) is 27.9 Å². The molecule has 1 aliphatic carbocycles. The van der Waals surface area contributed by atoms with Crippen LogP contribution in [0.15, 0.2) is 77.7 Å². The quantitative estimate of drug-likeness (QED) is 0.548. The minimum Gasteiger partial charge on any atom is -0.457 e. The van der Waals surface area contributed by atoms with Crippen molar-refractivity contribution in [1.82, 2.24) is 4.72 Å². The maximum absolute atomic E-state index is 12.8. The Hall–Kier alpha value is -2.05. The molecule has 0 unspecified atom stereocenters. The Kier molecular flexibility index (Phi) is 5.34. The summed E-state index contributed by atoms with van der Waals surface area (Å²) >= 11 is 11.9. The molecule has 1 aliphatic rings. The van der Waals surface area contributed by atoms with E-state index >= 15 is 0 Å². The summed E-state index contributed by atoms with van der Waals surface area (Å²) in [6.45, 7) is 0. The number of sulfonamides is 1. The predicted molar refractivity (Wildman–Crippen MR) is 111 cm³/mol. The Morgan fingerprint density at radius 3 is 2.36 bits per heavy atom. The zero-order valence-corrected chi connectivity index (χ0v) is 17.0. The van der Waals surface area contributed by atoms with E-state index < -0.39 is 10.0 Å². The summed E-state index contributed by atoms with van der Waals surface area (Å²) in [6.07, 6.45) is 0.794. The van der Waals surface area contributed by atoms with Crippen LogP contribution in [0.2, 0.25) is 10.0 Å². The molecule has 0 saturated heterocycles. The van der Waals surface area contributed by atoms with E-state index in [9.17, 15) is 8.42 Å². The number of hydrogen-bond acceptors (Lipinski definition) is 3. The van der Waals surface area contributed by atoms with Crippen molar-refractivity contribution in [2.24, 2.45) is 0 Å². The van der Waals surface area contributed by atoms with Crippen molar-refractivity contribution in [2.45, 2.75) is 23.3 Å². The standard InChI is InChI=1S/C21H17Cl2NO3S/c22-19-10-9-16(12-20(19)23)27-15-7-4-8-17(11-15)28(25,26)24-21-13-18(21)14-5-2-1-3-6-14/h1-12,18,21,24H,13H2/t18-,21+/m0/s1. The molecule has 0 aliphatic heterocycles. The van der Waals surface area contributed by atoms with Gasteiger partial charge in [-0.25, -0.2) is 13.1 Å². The molecule has 28 heavy (non-hydrogen) atoms. The minimum atomic E-state index is -3.64. The lowest BCUT2D eigenvalue weighted by molar-refractivity contribution is 0.480. The van der Waals surface area contributed by atoms with Crippen LogP contribution >= 0.6 is 23.2 Å². The van der Waals surface area contributed by atoms with Crippen molar-refractivity contribution in [3.63, 3.8) is 0 Å². The third-order valence-corrected chi connectivity index (χ3v) is 6.79.